The number of hydrogen-bond acceptors (Lipinski definition) is 3. The van der Waals surface area contributed by atoms with Crippen LogP contribution in [0.4, 0.5) is 11.4 Å². The van der Waals surface area contributed by atoms with Crippen LogP contribution >= 0.6 is 11.8 Å². The number of rotatable bonds is 5. The Balaban J connectivity index is 1.72. The van der Waals surface area contributed by atoms with Gasteiger partial charge in [-0.2, -0.15) is 0 Å². The van der Waals surface area contributed by atoms with E-state index in [1.165, 1.54) is 0 Å². The Labute approximate surface area is 146 Å². The van der Waals surface area contributed by atoms with Crippen molar-refractivity contribution in [3.8, 4) is 0 Å². The molecule has 0 bridgehead atoms. The summed E-state index contributed by atoms with van der Waals surface area (Å²) in [6.07, 6.45) is 3.93. The van der Waals surface area contributed by atoms with E-state index in [0.717, 1.165) is 23.3 Å². The van der Waals surface area contributed by atoms with Gasteiger partial charge >= 0.3 is 0 Å². The molecule has 4 nitrogen and oxygen atoms in total. The Morgan fingerprint density at radius 3 is 2.38 bits per heavy atom. The fourth-order valence-electron chi connectivity index (χ4n) is 2.36. The molecule has 1 saturated carbocycles. The molecule has 0 heterocycles. The van der Waals surface area contributed by atoms with Crippen molar-refractivity contribution in [2.45, 2.75) is 24.7 Å². The highest BCUT2D eigenvalue weighted by Crippen LogP contribution is 2.31. The predicted molar refractivity (Wildman–Crippen MR) is 98.7 cm³/mol. The lowest BCUT2D eigenvalue weighted by molar-refractivity contribution is -0.117. The second-order valence-electron chi connectivity index (χ2n) is 5.98. The number of aryl methyl sites for hydroxylation is 1. The minimum Gasteiger partial charge on any atom is -0.326 e. The maximum atomic E-state index is 12.4. The molecule has 5 heteroatoms. The summed E-state index contributed by atoms with van der Waals surface area (Å²) in [6, 6.07) is 13.1. The molecular formula is C19H20N2O2S. The summed E-state index contributed by atoms with van der Waals surface area (Å²) in [7, 11) is 0. The third kappa shape index (κ3) is 3.97. The molecule has 24 heavy (non-hydrogen) atoms. The van der Waals surface area contributed by atoms with E-state index in [1.54, 1.807) is 11.8 Å². The normalized spacial score (nSPS) is 13.4. The van der Waals surface area contributed by atoms with Crippen LogP contribution in [0.2, 0.25) is 0 Å². The van der Waals surface area contributed by atoms with Gasteiger partial charge in [-0.3, -0.25) is 9.59 Å². The van der Waals surface area contributed by atoms with E-state index in [0.29, 0.717) is 16.9 Å². The molecule has 0 unspecified atom stereocenters. The minimum atomic E-state index is -0.156. The first kappa shape index (κ1) is 16.6. The standard InChI is InChI=1S/C19H20N2O2S/c1-12-3-8-15(20-18(22)13-4-5-13)11-17(12)21-19(23)14-6-9-16(24-2)10-7-14/h3,6-11,13H,4-5H2,1-2H3,(H,20,22)(H,21,23). The van der Waals surface area contributed by atoms with Crippen LogP contribution in [0.25, 0.3) is 0 Å². The molecule has 2 N–H and O–H groups in total. The maximum absolute atomic E-state index is 12.4. The monoisotopic (exact) mass is 340 g/mol. The lowest BCUT2D eigenvalue weighted by Crippen LogP contribution is -2.15. The molecule has 1 aliphatic rings. The number of hydrogen-bond donors (Lipinski definition) is 2. The molecule has 1 aliphatic carbocycles. The van der Waals surface area contributed by atoms with Crippen LogP contribution in [0, 0.1) is 12.8 Å². The van der Waals surface area contributed by atoms with Gasteiger partial charge in [-0.25, -0.2) is 0 Å². The Bertz CT molecular complexity index is 767. The molecule has 2 aromatic carbocycles. The van der Waals surface area contributed by atoms with E-state index in [2.05, 4.69) is 10.6 Å². The molecule has 3 rings (SSSR count). The van der Waals surface area contributed by atoms with Crippen molar-refractivity contribution in [3.63, 3.8) is 0 Å². The Kier molecular flexibility index (Phi) is 4.90. The van der Waals surface area contributed by atoms with E-state index >= 15 is 0 Å². The van der Waals surface area contributed by atoms with Crippen molar-refractivity contribution in [2.75, 3.05) is 16.9 Å². The third-order valence-electron chi connectivity index (χ3n) is 4.05. The molecule has 2 amide bonds. The molecule has 1 fully saturated rings. The van der Waals surface area contributed by atoms with Crippen LogP contribution in [0.3, 0.4) is 0 Å². The number of carbonyl (C=O) groups excluding carboxylic acids is 2. The average Bonchev–Trinajstić information content (AvgIpc) is 3.43. The van der Waals surface area contributed by atoms with E-state index in [1.807, 2.05) is 55.6 Å². The summed E-state index contributed by atoms with van der Waals surface area (Å²) in [5.41, 5.74) is 2.99. The van der Waals surface area contributed by atoms with Crippen LogP contribution in [-0.4, -0.2) is 18.1 Å². The Morgan fingerprint density at radius 2 is 1.75 bits per heavy atom. The average molecular weight is 340 g/mol. The first-order valence-electron chi connectivity index (χ1n) is 7.94. The summed E-state index contributed by atoms with van der Waals surface area (Å²) < 4.78 is 0. The maximum Gasteiger partial charge on any atom is 0.255 e. The number of anilines is 2. The van der Waals surface area contributed by atoms with Crippen LogP contribution in [0.1, 0.15) is 28.8 Å². The molecular weight excluding hydrogens is 320 g/mol. The van der Waals surface area contributed by atoms with Crippen molar-refractivity contribution in [3.05, 3.63) is 53.6 Å². The summed E-state index contributed by atoms with van der Waals surface area (Å²) >= 11 is 1.64. The lowest BCUT2D eigenvalue weighted by atomic mass is 10.1. The van der Waals surface area contributed by atoms with Crippen molar-refractivity contribution >= 4 is 35.0 Å². The molecule has 0 atom stereocenters. The second-order valence-corrected chi connectivity index (χ2v) is 6.86. The summed E-state index contributed by atoms with van der Waals surface area (Å²) in [5, 5.41) is 5.83. The van der Waals surface area contributed by atoms with Gasteiger partial charge in [-0.1, -0.05) is 6.07 Å². The fourth-order valence-corrected chi connectivity index (χ4v) is 2.77. The van der Waals surface area contributed by atoms with Gasteiger partial charge in [0.05, 0.1) is 0 Å². The zero-order valence-electron chi connectivity index (χ0n) is 13.8. The third-order valence-corrected chi connectivity index (χ3v) is 4.80. The van der Waals surface area contributed by atoms with Crippen molar-refractivity contribution in [1.82, 2.24) is 0 Å². The summed E-state index contributed by atoms with van der Waals surface area (Å²) in [6.45, 7) is 1.93. The Hall–Kier alpha value is -2.27. The SMILES string of the molecule is CSc1ccc(C(=O)Nc2cc(NC(=O)C3CC3)ccc2C)cc1. The number of benzene rings is 2. The smallest absolute Gasteiger partial charge is 0.255 e. The van der Waals surface area contributed by atoms with E-state index in [-0.39, 0.29) is 17.7 Å². The van der Waals surface area contributed by atoms with Crippen LogP contribution in [0.5, 0.6) is 0 Å². The van der Waals surface area contributed by atoms with Gasteiger partial charge in [0.2, 0.25) is 5.91 Å². The van der Waals surface area contributed by atoms with E-state index in [9.17, 15) is 9.59 Å². The van der Waals surface area contributed by atoms with Crippen LogP contribution < -0.4 is 10.6 Å². The van der Waals surface area contributed by atoms with Gasteiger partial charge in [-0.15, -0.1) is 11.8 Å². The quantitative estimate of drug-likeness (QED) is 0.797. The molecule has 124 valence electrons. The highest BCUT2D eigenvalue weighted by Gasteiger charge is 2.29. The second kappa shape index (κ2) is 7.09. The number of amides is 2. The van der Waals surface area contributed by atoms with Gasteiger partial charge in [0.25, 0.3) is 5.91 Å². The molecule has 0 saturated heterocycles. The highest BCUT2D eigenvalue weighted by atomic mass is 32.2. The predicted octanol–water partition coefficient (Wildman–Crippen LogP) is 4.32. The van der Waals surface area contributed by atoms with Gasteiger partial charge in [0.15, 0.2) is 0 Å². The number of nitrogens with one attached hydrogen (secondary N) is 2. The van der Waals surface area contributed by atoms with Crippen LogP contribution in [-0.2, 0) is 4.79 Å². The highest BCUT2D eigenvalue weighted by molar-refractivity contribution is 7.98. The van der Waals surface area contributed by atoms with Crippen LogP contribution in [0.15, 0.2) is 47.4 Å². The molecule has 0 radical (unpaired) electrons. The first-order chi connectivity index (χ1) is 11.6. The minimum absolute atomic E-state index is 0.0591. The number of thioether (sulfide) groups is 1. The van der Waals surface area contributed by atoms with Crippen molar-refractivity contribution < 1.29 is 9.59 Å². The fraction of sp³-hybridized carbons (Fsp3) is 0.263. The lowest BCUT2D eigenvalue weighted by Gasteiger charge is -2.12. The van der Waals surface area contributed by atoms with Crippen molar-refractivity contribution in [2.24, 2.45) is 5.92 Å². The molecule has 0 aliphatic heterocycles. The van der Waals surface area contributed by atoms with Crippen molar-refractivity contribution in [1.29, 1.82) is 0 Å². The summed E-state index contributed by atoms with van der Waals surface area (Å²) in [5.74, 6) is 0.0551. The largest absolute Gasteiger partial charge is 0.326 e. The van der Waals surface area contributed by atoms with Gasteiger partial charge < -0.3 is 10.6 Å². The van der Waals surface area contributed by atoms with E-state index < -0.39 is 0 Å². The zero-order chi connectivity index (χ0) is 17.1. The topological polar surface area (TPSA) is 58.2 Å². The molecule has 0 aromatic heterocycles. The van der Waals surface area contributed by atoms with E-state index in [4.69, 9.17) is 0 Å². The number of carbonyl (C=O) groups is 2. The van der Waals surface area contributed by atoms with Gasteiger partial charge in [0, 0.05) is 27.8 Å². The summed E-state index contributed by atoms with van der Waals surface area (Å²) in [4.78, 5) is 25.4. The van der Waals surface area contributed by atoms with Gasteiger partial charge in [-0.05, 0) is 68.0 Å². The molecule has 0 spiro atoms. The Morgan fingerprint density at radius 1 is 1.04 bits per heavy atom. The van der Waals surface area contributed by atoms with Gasteiger partial charge in [0.1, 0.15) is 0 Å². The first-order valence-corrected chi connectivity index (χ1v) is 9.16. The zero-order valence-corrected chi connectivity index (χ0v) is 14.6. The molecule has 2 aromatic rings.